The standard InChI is InChI=1S/C18H25F2NO4S/c1-2-25-7-8-26(23,24)21-15-5-6-16(21)12-18(22,11-15)10-13-3-4-14(19)9-17(13)20/h3-4,9,15-16,22H,2,5-8,10-12H2,1H3. The van der Waals surface area contributed by atoms with E-state index in [-0.39, 0.29) is 49.3 Å². The molecule has 5 nitrogen and oxygen atoms in total. The van der Waals surface area contributed by atoms with Crippen LogP contribution in [0.25, 0.3) is 0 Å². The van der Waals surface area contributed by atoms with Gasteiger partial charge < -0.3 is 9.84 Å². The number of nitrogens with zero attached hydrogens (tertiary/aromatic N) is 1. The zero-order valence-corrected chi connectivity index (χ0v) is 15.6. The maximum absolute atomic E-state index is 14.0. The van der Waals surface area contributed by atoms with Crippen molar-refractivity contribution in [2.45, 2.75) is 56.7 Å². The maximum Gasteiger partial charge on any atom is 0.216 e. The lowest BCUT2D eigenvalue weighted by Crippen LogP contribution is -2.54. The molecule has 2 atom stereocenters. The van der Waals surface area contributed by atoms with Crippen molar-refractivity contribution in [2.75, 3.05) is 19.0 Å². The molecule has 2 unspecified atom stereocenters. The highest BCUT2D eigenvalue weighted by atomic mass is 32.2. The smallest absolute Gasteiger partial charge is 0.216 e. The minimum Gasteiger partial charge on any atom is -0.389 e. The van der Waals surface area contributed by atoms with Gasteiger partial charge in [0.1, 0.15) is 11.6 Å². The van der Waals surface area contributed by atoms with Gasteiger partial charge in [-0.25, -0.2) is 17.2 Å². The quantitative estimate of drug-likeness (QED) is 0.727. The summed E-state index contributed by atoms with van der Waals surface area (Å²) < 4.78 is 59.0. The van der Waals surface area contributed by atoms with Crippen molar-refractivity contribution >= 4 is 10.0 Å². The number of piperidine rings is 1. The Labute approximate surface area is 153 Å². The zero-order chi connectivity index (χ0) is 18.9. The number of sulfonamides is 1. The molecule has 2 saturated heterocycles. The van der Waals surface area contributed by atoms with E-state index in [1.165, 1.54) is 16.4 Å². The van der Waals surface area contributed by atoms with Crippen molar-refractivity contribution in [1.82, 2.24) is 4.31 Å². The van der Waals surface area contributed by atoms with E-state index in [2.05, 4.69) is 0 Å². The highest BCUT2D eigenvalue weighted by Gasteiger charge is 2.51. The van der Waals surface area contributed by atoms with Gasteiger partial charge in [0.25, 0.3) is 0 Å². The van der Waals surface area contributed by atoms with Gasteiger partial charge in [-0.1, -0.05) is 6.07 Å². The van der Waals surface area contributed by atoms with E-state index in [1.54, 1.807) is 0 Å². The lowest BCUT2D eigenvalue weighted by molar-refractivity contribution is -0.0291. The molecule has 0 amide bonds. The third-order valence-electron chi connectivity index (χ3n) is 5.33. The van der Waals surface area contributed by atoms with Gasteiger partial charge in [-0.2, -0.15) is 4.31 Å². The van der Waals surface area contributed by atoms with Crippen LogP contribution in [0.15, 0.2) is 18.2 Å². The van der Waals surface area contributed by atoms with Crippen LogP contribution in [0.3, 0.4) is 0 Å². The Kier molecular flexibility index (Phi) is 5.67. The average molecular weight is 389 g/mol. The summed E-state index contributed by atoms with van der Waals surface area (Å²) in [4.78, 5) is 0. The summed E-state index contributed by atoms with van der Waals surface area (Å²) in [6.07, 6.45) is 1.95. The summed E-state index contributed by atoms with van der Waals surface area (Å²) in [6.45, 7) is 2.43. The largest absolute Gasteiger partial charge is 0.389 e. The van der Waals surface area contributed by atoms with E-state index in [4.69, 9.17) is 4.74 Å². The monoisotopic (exact) mass is 389 g/mol. The molecule has 0 aromatic heterocycles. The molecule has 0 spiro atoms. The second-order valence-corrected chi connectivity index (χ2v) is 9.27. The first-order chi connectivity index (χ1) is 12.2. The van der Waals surface area contributed by atoms with Crippen LogP contribution in [0.5, 0.6) is 0 Å². The maximum atomic E-state index is 14.0. The van der Waals surface area contributed by atoms with Gasteiger partial charge in [0, 0.05) is 31.2 Å². The minimum atomic E-state index is -3.45. The van der Waals surface area contributed by atoms with Crippen LogP contribution in [0, 0.1) is 11.6 Å². The fraction of sp³-hybridized carbons (Fsp3) is 0.667. The van der Waals surface area contributed by atoms with Crippen LogP contribution in [0.1, 0.15) is 38.2 Å². The number of halogens is 2. The second kappa shape index (κ2) is 7.50. The summed E-state index contributed by atoms with van der Waals surface area (Å²) in [6, 6.07) is 2.75. The van der Waals surface area contributed by atoms with Crippen LogP contribution < -0.4 is 0 Å². The molecule has 1 aromatic carbocycles. The van der Waals surface area contributed by atoms with Crippen molar-refractivity contribution < 1.29 is 27.0 Å². The van der Waals surface area contributed by atoms with Crippen molar-refractivity contribution in [3.8, 4) is 0 Å². The van der Waals surface area contributed by atoms with Crippen LogP contribution in [-0.2, 0) is 21.2 Å². The zero-order valence-electron chi connectivity index (χ0n) is 14.8. The molecule has 1 aromatic rings. The Morgan fingerprint density at radius 2 is 1.92 bits per heavy atom. The van der Waals surface area contributed by atoms with Gasteiger partial charge in [0.05, 0.1) is 18.0 Å². The molecule has 2 aliphatic heterocycles. The minimum absolute atomic E-state index is 0.0545. The highest BCUT2D eigenvalue weighted by Crippen LogP contribution is 2.44. The fourth-order valence-electron chi connectivity index (χ4n) is 4.31. The number of ether oxygens (including phenoxy) is 1. The van der Waals surface area contributed by atoms with Gasteiger partial charge in [-0.05, 0) is 44.2 Å². The summed E-state index contributed by atoms with van der Waals surface area (Å²) in [7, 11) is -3.45. The van der Waals surface area contributed by atoms with Crippen LogP contribution in [0.4, 0.5) is 8.78 Å². The van der Waals surface area contributed by atoms with E-state index in [0.717, 1.165) is 6.07 Å². The molecular formula is C18H25F2NO4S. The Morgan fingerprint density at radius 1 is 1.27 bits per heavy atom. The Morgan fingerprint density at radius 3 is 2.50 bits per heavy atom. The average Bonchev–Trinajstić information content (AvgIpc) is 2.85. The predicted octanol–water partition coefficient (Wildman–Crippen LogP) is 2.23. The SMILES string of the molecule is CCOCCS(=O)(=O)N1C2CCC1CC(O)(Cc1ccc(F)cc1F)C2. The van der Waals surface area contributed by atoms with E-state index in [1.807, 2.05) is 6.92 Å². The number of aliphatic hydroxyl groups is 1. The van der Waals surface area contributed by atoms with E-state index >= 15 is 0 Å². The molecule has 26 heavy (non-hydrogen) atoms. The topological polar surface area (TPSA) is 66.8 Å². The summed E-state index contributed by atoms with van der Waals surface area (Å²) in [5, 5.41) is 11.0. The predicted molar refractivity (Wildman–Crippen MR) is 93.2 cm³/mol. The van der Waals surface area contributed by atoms with Gasteiger partial charge in [-0.3, -0.25) is 0 Å². The third kappa shape index (κ3) is 4.08. The molecule has 1 N–H and O–H groups in total. The molecule has 2 fully saturated rings. The number of hydrogen-bond donors (Lipinski definition) is 1. The molecule has 2 bridgehead atoms. The van der Waals surface area contributed by atoms with Crippen LogP contribution >= 0.6 is 0 Å². The van der Waals surface area contributed by atoms with E-state index in [9.17, 15) is 22.3 Å². The Hall–Kier alpha value is -1.09. The van der Waals surface area contributed by atoms with Crippen molar-refractivity contribution in [3.05, 3.63) is 35.4 Å². The first-order valence-electron chi connectivity index (χ1n) is 8.99. The number of hydrogen-bond acceptors (Lipinski definition) is 4. The van der Waals surface area contributed by atoms with Crippen molar-refractivity contribution in [3.63, 3.8) is 0 Å². The van der Waals surface area contributed by atoms with Crippen LogP contribution in [-0.4, -0.2) is 54.5 Å². The molecular weight excluding hydrogens is 364 g/mol. The van der Waals surface area contributed by atoms with Crippen molar-refractivity contribution in [2.24, 2.45) is 0 Å². The Bertz CT molecular complexity index is 742. The van der Waals surface area contributed by atoms with E-state index in [0.29, 0.717) is 19.4 Å². The van der Waals surface area contributed by atoms with Gasteiger partial charge in [-0.15, -0.1) is 0 Å². The highest BCUT2D eigenvalue weighted by molar-refractivity contribution is 7.89. The van der Waals surface area contributed by atoms with Gasteiger partial charge >= 0.3 is 0 Å². The second-order valence-electron chi connectivity index (χ2n) is 7.27. The van der Waals surface area contributed by atoms with Crippen molar-refractivity contribution in [1.29, 1.82) is 0 Å². The molecule has 0 aliphatic carbocycles. The lowest BCUT2D eigenvalue weighted by atomic mass is 9.82. The van der Waals surface area contributed by atoms with E-state index < -0.39 is 27.3 Å². The molecule has 8 heteroatoms. The van der Waals surface area contributed by atoms with Gasteiger partial charge in [0.2, 0.25) is 10.0 Å². The summed E-state index contributed by atoms with van der Waals surface area (Å²) >= 11 is 0. The molecule has 0 radical (unpaired) electrons. The first kappa shape index (κ1) is 19.7. The lowest BCUT2D eigenvalue weighted by Gasteiger charge is -2.43. The Balaban J connectivity index is 1.72. The fourth-order valence-corrected chi connectivity index (χ4v) is 6.12. The molecule has 0 saturated carbocycles. The number of fused-ring (bicyclic) bond motifs is 2. The normalized spacial score (nSPS) is 29.2. The number of rotatable bonds is 7. The molecule has 3 rings (SSSR count). The molecule has 2 heterocycles. The summed E-state index contributed by atoms with van der Waals surface area (Å²) in [5.74, 6) is -1.41. The number of benzene rings is 1. The third-order valence-corrected chi connectivity index (χ3v) is 7.25. The molecule has 146 valence electrons. The van der Waals surface area contributed by atoms with Gasteiger partial charge in [0.15, 0.2) is 0 Å². The first-order valence-corrected chi connectivity index (χ1v) is 10.6. The summed E-state index contributed by atoms with van der Waals surface area (Å²) in [5.41, 5.74) is -0.933. The van der Waals surface area contributed by atoms with Crippen LogP contribution in [0.2, 0.25) is 0 Å². The molecule has 2 aliphatic rings.